The molecule has 5 N–H and O–H groups in total. The molecule has 3 unspecified atom stereocenters. The molecule has 12 heteroatoms. The van der Waals surface area contributed by atoms with Gasteiger partial charge < -0.3 is 49.2 Å². The average molecular weight is 539 g/mol. The average Bonchev–Trinajstić information content (AvgIpc) is 2.89. The molecule has 2 aliphatic heterocycles. The van der Waals surface area contributed by atoms with Crippen LogP contribution < -0.4 is 0 Å². The van der Waals surface area contributed by atoms with E-state index in [1.165, 1.54) is 19.2 Å². The summed E-state index contributed by atoms with van der Waals surface area (Å²) in [5, 5.41) is 49.4. The smallest absolute Gasteiger partial charge is 0.337 e. The van der Waals surface area contributed by atoms with Crippen molar-refractivity contribution in [2.45, 2.75) is 51.7 Å². The number of aliphatic hydroxyl groups is 3. The van der Waals surface area contributed by atoms with E-state index in [4.69, 9.17) is 23.7 Å². The number of methoxy groups -OCH3 is 1. The highest BCUT2D eigenvalue weighted by Gasteiger charge is 2.46. The molecule has 210 valence electrons. The van der Waals surface area contributed by atoms with Gasteiger partial charge >= 0.3 is 11.9 Å². The molecule has 0 saturated carbocycles. The van der Waals surface area contributed by atoms with Crippen molar-refractivity contribution in [3.8, 4) is 11.5 Å². The van der Waals surface area contributed by atoms with Crippen LogP contribution in [0, 0.1) is 17.8 Å². The number of hydrogen-bond donors (Lipinski definition) is 5. The van der Waals surface area contributed by atoms with Crippen molar-refractivity contribution in [1.82, 2.24) is 0 Å². The van der Waals surface area contributed by atoms with Gasteiger partial charge in [-0.2, -0.15) is 0 Å². The normalized spacial score (nSPS) is 30.3. The van der Waals surface area contributed by atoms with Gasteiger partial charge in [-0.05, 0) is 24.6 Å². The Labute approximate surface area is 219 Å². The van der Waals surface area contributed by atoms with Crippen LogP contribution in [0.4, 0.5) is 0 Å². The fourth-order valence-corrected chi connectivity index (χ4v) is 4.39. The molecule has 1 aromatic rings. The number of rotatable bonds is 9. The van der Waals surface area contributed by atoms with Crippen molar-refractivity contribution < 1.29 is 58.8 Å². The van der Waals surface area contributed by atoms with Gasteiger partial charge in [0.25, 0.3) is 0 Å². The third-order valence-corrected chi connectivity index (χ3v) is 6.71. The second-order valence-electron chi connectivity index (χ2n) is 9.10. The Morgan fingerprint density at radius 1 is 1.16 bits per heavy atom. The monoisotopic (exact) mass is 538 g/mol. The summed E-state index contributed by atoms with van der Waals surface area (Å²) in [4.78, 5) is 25.2. The van der Waals surface area contributed by atoms with E-state index in [2.05, 4.69) is 0 Å². The zero-order valence-corrected chi connectivity index (χ0v) is 21.4. The molecular weight excluding hydrogens is 504 g/mol. The lowest BCUT2D eigenvalue weighted by atomic mass is 9.86. The maximum absolute atomic E-state index is 12.7. The van der Waals surface area contributed by atoms with Crippen LogP contribution in [0.1, 0.15) is 25.8 Å². The van der Waals surface area contributed by atoms with E-state index in [9.17, 15) is 35.1 Å². The Morgan fingerprint density at radius 2 is 1.89 bits per heavy atom. The molecule has 2 heterocycles. The number of phenolic OH excluding ortho intramolecular Hbond substituents is 2. The number of esters is 2. The van der Waals surface area contributed by atoms with Crippen LogP contribution in [0.2, 0.25) is 0 Å². The molecule has 1 fully saturated rings. The van der Waals surface area contributed by atoms with Crippen LogP contribution in [0.25, 0.3) is 0 Å². The summed E-state index contributed by atoms with van der Waals surface area (Å²) >= 11 is 0. The molecule has 0 radical (unpaired) electrons. The molecule has 0 aromatic heterocycles. The molecule has 7 atom stereocenters. The lowest BCUT2D eigenvalue weighted by molar-refractivity contribution is -0.342. The van der Waals surface area contributed by atoms with E-state index in [1.807, 2.05) is 0 Å². The van der Waals surface area contributed by atoms with Gasteiger partial charge in [-0.15, -0.1) is 0 Å². The van der Waals surface area contributed by atoms with E-state index >= 15 is 0 Å². The molecule has 2 aliphatic rings. The van der Waals surface area contributed by atoms with Gasteiger partial charge in [0.15, 0.2) is 24.1 Å². The molecule has 12 nitrogen and oxygen atoms in total. The number of carbonyl (C=O) groups excluding carboxylic acids is 2. The SMILES string of the molecule is C/C=C1\C(OC2O[C@H](O)[C@@H](C)[C@H](O)[C@H]2CO)OC=C(C(=O)OC)C1CC(=O)OCCc1ccc(O)c(O)c1. The Bertz CT molecular complexity index is 1050. The van der Waals surface area contributed by atoms with Crippen molar-refractivity contribution in [3.63, 3.8) is 0 Å². The third-order valence-electron chi connectivity index (χ3n) is 6.71. The Kier molecular flexibility index (Phi) is 10.1. The maximum atomic E-state index is 12.7. The summed E-state index contributed by atoms with van der Waals surface area (Å²) in [6.45, 7) is 2.72. The fraction of sp³-hybridized carbons (Fsp3) is 0.538. The van der Waals surface area contributed by atoms with Gasteiger partial charge in [-0.1, -0.05) is 19.1 Å². The Hall–Kier alpha value is -3.16. The minimum atomic E-state index is -1.35. The number of ether oxygens (including phenoxy) is 5. The van der Waals surface area contributed by atoms with Crippen molar-refractivity contribution in [1.29, 1.82) is 0 Å². The van der Waals surface area contributed by atoms with Crippen molar-refractivity contribution in [3.05, 3.63) is 47.2 Å². The first-order chi connectivity index (χ1) is 18.1. The predicted octanol–water partition coefficient (Wildman–Crippen LogP) is 0.846. The zero-order chi connectivity index (χ0) is 28.0. The van der Waals surface area contributed by atoms with Gasteiger partial charge in [-0.3, -0.25) is 4.79 Å². The molecule has 0 amide bonds. The van der Waals surface area contributed by atoms with Crippen LogP contribution in [0.3, 0.4) is 0 Å². The Balaban J connectivity index is 1.72. The first kappa shape index (κ1) is 29.4. The van der Waals surface area contributed by atoms with Gasteiger partial charge in [0.05, 0.1) is 50.6 Å². The predicted molar refractivity (Wildman–Crippen MR) is 129 cm³/mol. The largest absolute Gasteiger partial charge is 0.504 e. The molecule has 3 rings (SSSR count). The molecule has 1 aromatic carbocycles. The third kappa shape index (κ3) is 6.63. The van der Waals surface area contributed by atoms with Crippen molar-refractivity contribution in [2.75, 3.05) is 20.3 Å². The first-order valence-corrected chi connectivity index (χ1v) is 12.2. The van der Waals surface area contributed by atoms with E-state index in [1.54, 1.807) is 26.0 Å². The van der Waals surface area contributed by atoms with Crippen LogP contribution in [0.15, 0.2) is 41.7 Å². The molecule has 38 heavy (non-hydrogen) atoms. The Morgan fingerprint density at radius 3 is 2.53 bits per heavy atom. The number of carbonyl (C=O) groups is 2. The number of phenols is 2. The van der Waals surface area contributed by atoms with Gasteiger partial charge in [0.2, 0.25) is 6.29 Å². The summed E-state index contributed by atoms with van der Waals surface area (Å²) in [7, 11) is 1.19. The van der Waals surface area contributed by atoms with Crippen LogP contribution >= 0.6 is 0 Å². The molecule has 0 spiro atoms. The second-order valence-corrected chi connectivity index (χ2v) is 9.10. The first-order valence-electron chi connectivity index (χ1n) is 12.2. The van der Waals surface area contributed by atoms with E-state index in [0.717, 1.165) is 6.26 Å². The highest BCUT2D eigenvalue weighted by Crippen LogP contribution is 2.37. The number of allylic oxidation sites excluding steroid dienone is 1. The minimum Gasteiger partial charge on any atom is -0.504 e. The second kappa shape index (κ2) is 13.1. The lowest BCUT2D eigenvalue weighted by Crippen LogP contribution is -2.53. The summed E-state index contributed by atoms with van der Waals surface area (Å²) in [6.07, 6.45) is -2.15. The highest BCUT2D eigenvalue weighted by atomic mass is 16.8. The lowest BCUT2D eigenvalue weighted by Gasteiger charge is -2.42. The summed E-state index contributed by atoms with van der Waals surface area (Å²) in [5.74, 6) is -4.29. The zero-order valence-electron chi connectivity index (χ0n) is 21.4. The molecule has 1 saturated heterocycles. The van der Waals surface area contributed by atoms with Crippen LogP contribution in [0.5, 0.6) is 11.5 Å². The fourth-order valence-electron chi connectivity index (χ4n) is 4.39. The number of benzene rings is 1. The minimum absolute atomic E-state index is 0.0172. The highest BCUT2D eigenvalue weighted by molar-refractivity contribution is 5.90. The van der Waals surface area contributed by atoms with Crippen molar-refractivity contribution in [2.24, 2.45) is 17.8 Å². The topological polar surface area (TPSA) is 181 Å². The van der Waals surface area contributed by atoms with Gasteiger partial charge in [-0.25, -0.2) is 4.79 Å². The number of aromatic hydroxyl groups is 2. The van der Waals surface area contributed by atoms with E-state index in [-0.39, 0.29) is 36.5 Å². The molecule has 0 aliphatic carbocycles. The summed E-state index contributed by atoms with van der Waals surface area (Å²) < 4.78 is 27.1. The van der Waals surface area contributed by atoms with Gasteiger partial charge in [0, 0.05) is 23.8 Å². The van der Waals surface area contributed by atoms with E-state index in [0.29, 0.717) is 11.1 Å². The van der Waals surface area contributed by atoms with E-state index < -0.39 is 61.3 Å². The molecular formula is C26H34O12. The summed E-state index contributed by atoms with van der Waals surface area (Å²) in [6, 6.07) is 4.28. The quantitative estimate of drug-likeness (QED) is 0.170. The van der Waals surface area contributed by atoms with Crippen LogP contribution in [-0.2, 0) is 39.7 Å². The number of hydrogen-bond acceptors (Lipinski definition) is 12. The van der Waals surface area contributed by atoms with Gasteiger partial charge in [0.1, 0.15) is 0 Å². The number of aliphatic hydroxyl groups excluding tert-OH is 3. The summed E-state index contributed by atoms with van der Waals surface area (Å²) in [5.41, 5.74) is 1.07. The standard InChI is InChI=1S/C26H34O12/c1-4-15-16(10-21(30)35-8-7-14-5-6-19(28)20(29)9-14)18(24(33)34-3)12-36-25(15)38-26-17(11-27)22(31)13(2)23(32)37-26/h4-6,9,12-13,16-17,22-23,25-29,31-32H,7-8,10-11H2,1-3H3/b15-4-/t13-,16?,17+,22-,23-,25?,26?/m0/s1. The molecule has 0 bridgehead atoms. The maximum Gasteiger partial charge on any atom is 0.337 e. The van der Waals surface area contributed by atoms with Crippen molar-refractivity contribution >= 4 is 11.9 Å². The van der Waals surface area contributed by atoms with Crippen LogP contribution in [-0.4, -0.2) is 82.8 Å².